The molecule has 4 aromatic rings. The van der Waals surface area contributed by atoms with E-state index in [-0.39, 0.29) is 24.9 Å². The van der Waals surface area contributed by atoms with Gasteiger partial charge in [-0.3, -0.25) is 13.9 Å². The zero-order valence-electron chi connectivity index (χ0n) is 27.3. The van der Waals surface area contributed by atoms with Crippen LogP contribution in [0.25, 0.3) is 0 Å². The van der Waals surface area contributed by atoms with E-state index in [0.29, 0.717) is 30.2 Å². The second-order valence-corrected chi connectivity index (χ2v) is 13.3. The van der Waals surface area contributed by atoms with Crippen molar-refractivity contribution in [3.8, 4) is 11.5 Å². The summed E-state index contributed by atoms with van der Waals surface area (Å²) in [4.78, 5) is 29.7. The molecule has 0 saturated carbocycles. The zero-order chi connectivity index (χ0) is 33.8. The van der Waals surface area contributed by atoms with Gasteiger partial charge in [-0.05, 0) is 66.4 Å². The lowest BCUT2D eigenvalue weighted by atomic mass is 10.0. The number of carbonyl (C=O) groups excluding carboxylic acids is 2. The maximum Gasteiger partial charge on any atom is 0.244 e. The first-order chi connectivity index (χ1) is 22.6. The Balaban J connectivity index is 1.66. The van der Waals surface area contributed by atoms with Gasteiger partial charge >= 0.3 is 0 Å². The van der Waals surface area contributed by atoms with Gasteiger partial charge in [0.05, 0.1) is 19.1 Å². The SMILES string of the molecule is CC[C@@H](C)NC(=O)[C@H](Cc1ccccc1)N(Cc1cccc(OC)c1)C(=O)CN(c1ccc(OCc2ccccc2)cc1)S(C)(=O)=O. The van der Waals surface area contributed by atoms with Gasteiger partial charge in [-0.1, -0.05) is 79.7 Å². The van der Waals surface area contributed by atoms with Crippen molar-refractivity contribution >= 4 is 27.5 Å². The number of nitrogens with zero attached hydrogens (tertiary/aromatic N) is 2. The molecule has 2 atom stereocenters. The Kier molecular flexibility index (Phi) is 12.4. The highest BCUT2D eigenvalue weighted by Crippen LogP contribution is 2.24. The van der Waals surface area contributed by atoms with Gasteiger partial charge in [0, 0.05) is 19.0 Å². The average Bonchev–Trinajstić information content (AvgIpc) is 3.08. The number of carbonyl (C=O) groups is 2. The highest BCUT2D eigenvalue weighted by Gasteiger charge is 2.33. The molecule has 0 aliphatic heterocycles. The van der Waals surface area contributed by atoms with Crippen molar-refractivity contribution in [1.82, 2.24) is 10.2 Å². The van der Waals surface area contributed by atoms with E-state index in [1.807, 2.05) is 86.6 Å². The van der Waals surface area contributed by atoms with Gasteiger partial charge in [0.1, 0.15) is 30.7 Å². The minimum absolute atomic E-state index is 0.0608. The second kappa shape index (κ2) is 16.6. The maximum atomic E-state index is 14.3. The molecule has 4 rings (SSSR count). The zero-order valence-corrected chi connectivity index (χ0v) is 28.2. The first-order valence-electron chi connectivity index (χ1n) is 15.6. The van der Waals surface area contributed by atoms with Crippen LogP contribution in [-0.2, 0) is 39.2 Å². The third kappa shape index (κ3) is 10.3. The molecular weight excluding hydrogens is 614 g/mol. The standard InChI is InChI=1S/C37H43N3O6S/c1-5-28(2)38-37(42)35(24-29-13-8-6-9-14-29)39(25-31-17-12-18-34(23-31)45-3)36(41)26-40(47(4,43)44)32-19-21-33(22-20-32)46-27-30-15-10-7-11-16-30/h6-23,28,35H,5,24-27H2,1-4H3,(H,38,42)/t28-,35+/m1/s1. The molecule has 10 heteroatoms. The predicted molar refractivity (Wildman–Crippen MR) is 185 cm³/mol. The van der Waals surface area contributed by atoms with E-state index in [9.17, 15) is 18.0 Å². The van der Waals surface area contributed by atoms with E-state index < -0.39 is 28.5 Å². The summed E-state index contributed by atoms with van der Waals surface area (Å²) in [5.41, 5.74) is 2.90. The second-order valence-electron chi connectivity index (χ2n) is 11.4. The molecule has 2 amide bonds. The van der Waals surface area contributed by atoms with Crippen LogP contribution in [0, 0.1) is 0 Å². The number of rotatable bonds is 16. The summed E-state index contributed by atoms with van der Waals surface area (Å²) in [5.74, 6) is 0.320. The lowest BCUT2D eigenvalue weighted by Crippen LogP contribution is -2.54. The van der Waals surface area contributed by atoms with E-state index >= 15 is 0 Å². The van der Waals surface area contributed by atoms with Gasteiger partial charge in [-0.2, -0.15) is 0 Å². The number of sulfonamides is 1. The Hall–Kier alpha value is -4.83. The number of anilines is 1. The molecule has 0 heterocycles. The van der Waals surface area contributed by atoms with Crippen molar-refractivity contribution in [3.05, 3.63) is 126 Å². The molecule has 9 nitrogen and oxygen atoms in total. The van der Waals surface area contributed by atoms with E-state index in [1.165, 1.54) is 4.90 Å². The van der Waals surface area contributed by atoms with Crippen LogP contribution in [0.4, 0.5) is 5.69 Å². The Morgan fingerprint density at radius 3 is 2.02 bits per heavy atom. The molecule has 0 fully saturated rings. The summed E-state index contributed by atoms with van der Waals surface area (Å²) in [6.07, 6.45) is 2.01. The molecule has 0 aliphatic rings. The number of nitrogens with one attached hydrogen (secondary N) is 1. The average molecular weight is 658 g/mol. The number of hydrogen-bond acceptors (Lipinski definition) is 6. The van der Waals surface area contributed by atoms with Gasteiger partial charge in [-0.15, -0.1) is 0 Å². The first kappa shape index (κ1) is 35.0. The third-order valence-corrected chi connectivity index (χ3v) is 8.95. The molecule has 0 unspecified atom stereocenters. The Labute approximate surface area is 278 Å². The largest absolute Gasteiger partial charge is 0.497 e. The number of hydrogen-bond donors (Lipinski definition) is 1. The number of methoxy groups -OCH3 is 1. The van der Waals surface area contributed by atoms with E-state index in [2.05, 4.69) is 5.32 Å². The van der Waals surface area contributed by atoms with Crippen LogP contribution in [0.15, 0.2) is 109 Å². The smallest absolute Gasteiger partial charge is 0.244 e. The van der Waals surface area contributed by atoms with Crippen LogP contribution in [-0.4, -0.2) is 57.1 Å². The summed E-state index contributed by atoms with van der Waals surface area (Å²) in [6.45, 7) is 3.79. The first-order valence-corrected chi connectivity index (χ1v) is 17.4. The van der Waals surface area contributed by atoms with E-state index in [0.717, 1.165) is 27.3 Å². The Morgan fingerprint density at radius 1 is 0.809 bits per heavy atom. The normalized spacial score (nSPS) is 12.4. The van der Waals surface area contributed by atoms with Crippen molar-refractivity contribution < 1.29 is 27.5 Å². The fourth-order valence-electron chi connectivity index (χ4n) is 5.03. The molecule has 0 bridgehead atoms. The molecule has 0 aromatic heterocycles. The molecule has 47 heavy (non-hydrogen) atoms. The number of ether oxygens (including phenoxy) is 2. The molecule has 0 saturated heterocycles. The van der Waals surface area contributed by atoms with E-state index in [4.69, 9.17) is 9.47 Å². The quantitative estimate of drug-likeness (QED) is 0.168. The van der Waals surface area contributed by atoms with Crippen LogP contribution in [0.2, 0.25) is 0 Å². The van der Waals surface area contributed by atoms with Gasteiger partial charge in [0.25, 0.3) is 0 Å². The predicted octanol–water partition coefficient (Wildman–Crippen LogP) is 5.60. The van der Waals surface area contributed by atoms with Crippen LogP contribution in [0.3, 0.4) is 0 Å². The van der Waals surface area contributed by atoms with Crippen LogP contribution in [0.1, 0.15) is 37.0 Å². The lowest BCUT2D eigenvalue weighted by Gasteiger charge is -2.34. The summed E-state index contributed by atoms with van der Waals surface area (Å²) < 4.78 is 38.6. The van der Waals surface area contributed by atoms with Crippen molar-refractivity contribution in [2.45, 2.75) is 51.9 Å². The third-order valence-electron chi connectivity index (χ3n) is 7.81. The molecule has 0 radical (unpaired) electrons. The summed E-state index contributed by atoms with van der Waals surface area (Å²) in [5, 5.41) is 3.04. The highest BCUT2D eigenvalue weighted by atomic mass is 32.2. The minimum Gasteiger partial charge on any atom is -0.497 e. The van der Waals surface area contributed by atoms with Crippen LogP contribution < -0.4 is 19.1 Å². The maximum absolute atomic E-state index is 14.3. The minimum atomic E-state index is -3.90. The van der Waals surface area contributed by atoms with Crippen molar-refractivity contribution in [3.63, 3.8) is 0 Å². The van der Waals surface area contributed by atoms with Crippen molar-refractivity contribution in [1.29, 1.82) is 0 Å². The van der Waals surface area contributed by atoms with Crippen LogP contribution >= 0.6 is 0 Å². The Morgan fingerprint density at radius 2 is 1.43 bits per heavy atom. The monoisotopic (exact) mass is 657 g/mol. The fraction of sp³-hybridized carbons (Fsp3) is 0.297. The van der Waals surface area contributed by atoms with E-state index in [1.54, 1.807) is 43.5 Å². The van der Waals surface area contributed by atoms with Gasteiger partial charge in [0.2, 0.25) is 21.8 Å². The molecule has 0 aliphatic carbocycles. The van der Waals surface area contributed by atoms with Gasteiger partial charge < -0.3 is 19.7 Å². The number of benzene rings is 4. The molecule has 1 N–H and O–H groups in total. The van der Waals surface area contributed by atoms with Crippen molar-refractivity contribution in [2.75, 3.05) is 24.2 Å². The summed E-state index contributed by atoms with van der Waals surface area (Å²) in [6, 6.07) is 31.9. The Bertz CT molecular complexity index is 1700. The molecule has 0 spiro atoms. The topological polar surface area (TPSA) is 105 Å². The summed E-state index contributed by atoms with van der Waals surface area (Å²) in [7, 11) is -2.34. The van der Waals surface area contributed by atoms with Gasteiger partial charge in [0.15, 0.2) is 0 Å². The molecule has 4 aromatic carbocycles. The summed E-state index contributed by atoms with van der Waals surface area (Å²) >= 11 is 0. The molecule has 248 valence electrons. The van der Waals surface area contributed by atoms with Crippen molar-refractivity contribution in [2.24, 2.45) is 0 Å². The highest BCUT2D eigenvalue weighted by molar-refractivity contribution is 7.92. The fourth-order valence-corrected chi connectivity index (χ4v) is 5.88. The molecular formula is C37H43N3O6S. The van der Waals surface area contributed by atoms with Crippen LogP contribution in [0.5, 0.6) is 11.5 Å². The lowest BCUT2D eigenvalue weighted by molar-refractivity contribution is -0.140. The number of amides is 2. The van der Waals surface area contributed by atoms with Gasteiger partial charge in [-0.25, -0.2) is 8.42 Å².